The van der Waals surface area contributed by atoms with Crippen LogP contribution < -0.4 is 0 Å². The molecule has 1 aliphatic rings. The van der Waals surface area contributed by atoms with Crippen molar-refractivity contribution in [1.29, 1.82) is 0 Å². The Labute approximate surface area is 109 Å². The van der Waals surface area contributed by atoms with Crippen LogP contribution in [0.2, 0.25) is 0 Å². The van der Waals surface area contributed by atoms with E-state index >= 15 is 0 Å². The average Bonchev–Trinajstić information content (AvgIpc) is 2.39. The summed E-state index contributed by atoms with van der Waals surface area (Å²) in [5.41, 5.74) is 0. The van der Waals surface area contributed by atoms with Crippen LogP contribution in [0.25, 0.3) is 0 Å². The fourth-order valence-corrected chi connectivity index (χ4v) is 2.34. The van der Waals surface area contributed by atoms with Crippen LogP contribution in [0.3, 0.4) is 0 Å². The van der Waals surface area contributed by atoms with Gasteiger partial charge in [0.1, 0.15) is 6.04 Å². The lowest BCUT2D eigenvalue weighted by molar-refractivity contribution is -0.143. The molecular formula is C13H24N2O3. The van der Waals surface area contributed by atoms with Crippen molar-refractivity contribution in [2.24, 2.45) is 0 Å². The van der Waals surface area contributed by atoms with Crippen LogP contribution >= 0.6 is 0 Å². The molecule has 1 fully saturated rings. The highest BCUT2D eigenvalue weighted by Gasteiger charge is 2.33. The van der Waals surface area contributed by atoms with E-state index in [2.05, 4.69) is 6.92 Å². The van der Waals surface area contributed by atoms with Crippen LogP contribution in [0.5, 0.6) is 0 Å². The van der Waals surface area contributed by atoms with E-state index in [9.17, 15) is 14.7 Å². The number of carbonyl (C=O) groups is 2. The van der Waals surface area contributed by atoms with E-state index in [0.717, 1.165) is 25.7 Å². The van der Waals surface area contributed by atoms with Crippen molar-refractivity contribution in [2.75, 3.05) is 19.6 Å². The van der Waals surface area contributed by atoms with Crippen molar-refractivity contribution < 1.29 is 14.7 Å². The lowest BCUT2D eigenvalue weighted by atomic mass is 10.0. The maximum atomic E-state index is 12.3. The quantitative estimate of drug-likeness (QED) is 0.820. The van der Waals surface area contributed by atoms with Gasteiger partial charge < -0.3 is 14.9 Å². The molecule has 0 radical (unpaired) electrons. The number of carboxylic acid groups (broad SMARTS) is 1. The zero-order valence-corrected chi connectivity index (χ0v) is 11.4. The number of unbranched alkanes of at least 4 members (excludes halogenated alkanes) is 1. The van der Waals surface area contributed by atoms with Crippen molar-refractivity contribution in [1.82, 2.24) is 9.80 Å². The third kappa shape index (κ3) is 3.62. The lowest BCUT2D eigenvalue weighted by Crippen LogP contribution is -2.53. The Hall–Kier alpha value is -1.26. The lowest BCUT2D eigenvalue weighted by Gasteiger charge is -2.36. The van der Waals surface area contributed by atoms with Gasteiger partial charge in [0.15, 0.2) is 0 Å². The fourth-order valence-electron chi connectivity index (χ4n) is 2.34. The monoisotopic (exact) mass is 256 g/mol. The van der Waals surface area contributed by atoms with E-state index in [1.54, 1.807) is 4.90 Å². The van der Waals surface area contributed by atoms with Crippen LogP contribution in [-0.4, -0.2) is 52.6 Å². The molecule has 0 spiro atoms. The van der Waals surface area contributed by atoms with Crippen molar-refractivity contribution >= 4 is 12.0 Å². The van der Waals surface area contributed by atoms with Gasteiger partial charge in [0.25, 0.3) is 0 Å². The predicted octanol–water partition coefficient (Wildman–Crippen LogP) is 2.17. The molecule has 0 aromatic carbocycles. The average molecular weight is 256 g/mol. The summed E-state index contributed by atoms with van der Waals surface area (Å²) in [5, 5.41) is 9.18. The maximum Gasteiger partial charge on any atom is 0.326 e. The molecule has 0 aromatic rings. The summed E-state index contributed by atoms with van der Waals surface area (Å²) < 4.78 is 0. The normalized spacial score (nSPS) is 19.7. The molecule has 104 valence electrons. The van der Waals surface area contributed by atoms with Gasteiger partial charge in [-0.25, -0.2) is 9.59 Å². The van der Waals surface area contributed by atoms with E-state index < -0.39 is 12.0 Å². The molecule has 0 saturated carbocycles. The summed E-state index contributed by atoms with van der Waals surface area (Å²) >= 11 is 0. The zero-order chi connectivity index (χ0) is 13.5. The van der Waals surface area contributed by atoms with Crippen molar-refractivity contribution in [2.45, 2.75) is 52.0 Å². The number of carboxylic acids is 1. The Morgan fingerprint density at radius 2 is 2.06 bits per heavy atom. The molecule has 5 nitrogen and oxygen atoms in total. The Morgan fingerprint density at radius 1 is 1.33 bits per heavy atom. The summed E-state index contributed by atoms with van der Waals surface area (Å²) in [7, 11) is 0. The molecule has 1 saturated heterocycles. The molecule has 2 amide bonds. The Balaban J connectivity index is 2.68. The highest BCUT2D eigenvalue weighted by atomic mass is 16.4. The molecule has 1 N–H and O–H groups in total. The van der Waals surface area contributed by atoms with E-state index in [1.807, 2.05) is 6.92 Å². The molecule has 1 rings (SSSR count). The second-order valence-corrected chi connectivity index (χ2v) is 4.76. The summed E-state index contributed by atoms with van der Waals surface area (Å²) in [5.74, 6) is -0.880. The summed E-state index contributed by atoms with van der Waals surface area (Å²) in [6, 6.07) is -0.750. The number of hydrogen-bond donors (Lipinski definition) is 1. The largest absolute Gasteiger partial charge is 0.480 e. The second kappa shape index (κ2) is 7.24. The molecule has 1 unspecified atom stereocenters. The second-order valence-electron chi connectivity index (χ2n) is 4.76. The molecule has 1 atom stereocenters. The number of hydrogen-bond acceptors (Lipinski definition) is 2. The fraction of sp³-hybridized carbons (Fsp3) is 0.846. The van der Waals surface area contributed by atoms with Crippen molar-refractivity contribution in [3.05, 3.63) is 0 Å². The molecule has 0 bridgehead atoms. The highest BCUT2D eigenvalue weighted by molar-refractivity contribution is 5.82. The SMILES string of the molecule is CCCCN(CC)C(=O)N1CCCCC1C(=O)O. The number of nitrogens with zero attached hydrogens (tertiary/aromatic N) is 2. The predicted molar refractivity (Wildman–Crippen MR) is 69.5 cm³/mol. The molecule has 1 aliphatic heterocycles. The van der Waals surface area contributed by atoms with Gasteiger partial charge in [-0.05, 0) is 32.6 Å². The molecule has 0 aliphatic carbocycles. The zero-order valence-electron chi connectivity index (χ0n) is 11.4. The first-order valence-corrected chi connectivity index (χ1v) is 6.90. The Morgan fingerprint density at radius 3 is 2.61 bits per heavy atom. The van der Waals surface area contributed by atoms with Gasteiger partial charge >= 0.3 is 12.0 Å². The third-order valence-electron chi connectivity index (χ3n) is 3.47. The summed E-state index contributed by atoms with van der Waals surface area (Å²) in [6.07, 6.45) is 4.37. The molecule has 0 aromatic heterocycles. The van der Waals surface area contributed by atoms with Crippen LogP contribution in [0.15, 0.2) is 0 Å². The van der Waals surface area contributed by atoms with E-state index in [-0.39, 0.29) is 6.03 Å². The van der Waals surface area contributed by atoms with E-state index in [0.29, 0.717) is 26.1 Å². The van der Waals surface area contributed by atoms with E-state index in [4.69, 9.17) is 0 Å². The standard InChI is InChI=1S/C13H24N2O3/c1-3-5-9-14(4-2)13(18)15-10-7-6-8-11(15)12(16)17/h11H,3-10H2,1-2H3,(H,16,17). The number of amides is 2. The van der Waals surface area contributed by atoms with Crippen LogP contribution in [0.1, 0.15) is 46.0 Å². The minimum atomic E-state index is -0.880. The number of aliphatic carboxylic acids is 1. The van der Waals surface area contributed by atoms with Crippen LogP contribution in [-0.2, 0) is 4.79 Å². The van der Waals surface area contributed by atoms with Crippen molar-refractivity contribution in [3.8, 4) is 0 Å². The number of likely N-dealkylation sites (tertiary alicyclic amines) is 1. The van der Waals surface area contributed by atoms with Crippen LogP contribution in [0, 0.1) is 0 Å². The Kier molecular flexibility index (Phi) is 5.95. The number of piperidine rings is 1. The highest BCUT2D eigenvalue weighted by Crippen LogP contribution is 2.19. The first kappa shape index (κ1) is 14.8. The number of carbonyl (C=O) groups excluding carboxylic acids is 1. The van der Waals surface area contributed by atoms with Gasteiger partial charge in [0, 0.05) is 19.6 Å². The number of urea groups is 1. The molecule has 5 heteroatoms. The first-order chi connectivity index (χ1) is 8.61. The third-order valence-corrected chi connectivity index (χ3v) is 3.47. The van der Waals surface area contributed by atoms with Gasteiger partial charge in [0.05, 0.1) is 0 Å². The van der Waals surface area contributed by atoms with Crippen LogP contribution in [0.4, 0.5) is 4.79 Å². The van der Waals surface area contributed by atoms with Gasteiger partial charge in [-0.1, -0.05) is 13.3 Å². The molecular weight excluding hydrogens is 232 g/mol. The Bertz CT molecular complexity index is 294. The topological polar surface area (TPSA) is 60.9 Å². The van der Waals surface area contributed by atoms with Gasteiger partial charge in [0.2, 0.25) is 0 Å². The minimum absolute atomic E-state index is 0.113. The maximum absolute atomic E-state index is 12.3. The molecule has 1 heterocycles. The van der Waals surface area contributed by atoms with Gasteiger partial charge in [-0.15, -0.1) is 0 Å². The summed E-state index contributed by atoms with van der Waals surface area (Å²) in [6.45, 7) is 5.95. The summed E-state index contributed by atoms with van der Waals surface area (Å²) in [4.78, 5) is 26.8. The van der Waals surface area contributed by atoms with E-state index in [1.165, 1.54) is 4.90 Å². The molecule has 18 heavy (non-hydrogen) atoms. The minimum Gasteiger partial charge on any atom is -0.480 e. The smallest absolute Gasteiger partial charge is 0.326 e. The van der Waals surface area contributed by atoms with Crippen molar-refractivity contribution in [3.63, 3.8) is 0 Å². The van der Waals surface area contributed by atoms with Gasteiger partial charge in [-0.2, -0.15) is 0 Å². The van der Waals surface area contributed by atoms with Gasteiger partial charge in [-0.3, -0.25) is 0 Å². The number of rotatable bonds is 5. The first-order valence-electron chi connectivity index (χ1n) is 6.90.